The first kappa shape index (κ1) is 44.0. The molecule has 5 N–H and O–H groups in total. The van der Waals surface area contributed by atoms with Gasteiger partial charge in [-0.2, -0.15) is 0 Å². The van der Waals surface area contributed by atoms with E-state index in [1.165, 1.54) is 7.11 Å². The van der Waals surface area contributed by atoms with E-state index in [1.54, 1.807) is 30.5 Å². The van der Waals surface area contributed by atoms with Gasteiger partial charge in [0.1, 0.15) is 11.8 Å². The summed E-state index contributed by atoms with van der Waals surface area (Å²) in [7, 11) is 1.28. The monoisotopic (exact) mass is 779 g/mol. The summed E-state index contributed by atoms with van der Waals surface area (Å²) >= 11 is 0. The number of methoxy groups -OCH3 is 1. The van der Waals surface area contributed by atoms with Gasteiger partial charge >= 0.3 is 6.09 Å². The molecule has 0 saturated heterocycles. The molecule has 4 rings (SSSR count). The van der Waals surface area contributed by atoms with E-state index in [1.807, 2.05) is 113 Å². The largest absolute Gasteiger partial charge is 0.484 e. The highest BCUT2D eigenvalue weighted by molar-refractivity contribution is 5.89. The molecule has 0 spiro atoms. The van der Waals surface area contributed by atoms with Crippen LogP contribution in [0.2, 0.25) is 0 Å². The van der Waals surface area contributed by atoms with Crippen LogP contribution in [0.3, 0.4) is 0 Å². The van der Waals surface area contributed by atoms with Crippen molar-refractivity contribution in [3.8, 4) is 17.0 Å². The fourth-order valence-electron chi connectivity index (χ4n) is 6.49. The van der Waals surface area contributed by atoms with Gasteiger partial charge in [0.15, 0.2) is 6.61 Å². The fourth-order valence-corrected chi connectivity index (χ4v) is 6.49. The van der Waals surface area contributed by atoms with Gasteiger partial charge in [-0.05, 0) is 59.1 Å². The van der Waals surface area contributed by atoms with Crippen molar-refractivity contribution in [2.45, 2.75) is 78.0 Å². The SMILES string of the molecule is COC(=O)NCC(C)(C)CC(=O)NCCC(O)C(NC(=O)C(NC(=O)COc1ccccc1)C(C)(C)C)C(Cc1ccc(-c2ccccn2)cc1)c1ccccc1. The maximum absolute atomic E-state index is 14.4. The van der Waals surface area contributed by atoms with Crippen LogP contribution in [-0.4, -0.2) is 78.9 Å². The average Bonchev–Trinajstić information content (AvgIpc) is 3.20. The average molecular weight is 780 g/mol. The van der Waals surface area contributed by atoms with E-state index in [2.05, 4.69) is 31.0 Å². The Balaban J connectivity index is 1.58. The number of rotatable bonds is 19. The first-order valence-corrected chi connectivity index (χ1v) is 19.2. The summed E-state index contributed by atoms with van der Waals surface area (Å²) in [6, 6.07) is 30.6. The highest BCUT2D eigenvalue weighted by Crippen LogP contribution is 2.30. The zero-order chi connectivity index (χ0) is 41.4. The summed E-state index contributed by atoms with van der Waals surface area (Å²) in [6.07, 6.45) is 0.759. The molecular weight excluding hydrogens is 723 g/mol. The number of nitrogens with zero attached hydrogens (tertiary/aromatic N) is 1. The van der Waals surface area contributed by atoms with Crippen LogP contribution in [0.25, 0.3) is 11.3 Å². The lowest BCUT2D eigenvalue weighted by Gasteiger charge is -2.36. The molecule has 0 bridgehead atoms. The molecule has 4 aromatic rings. The number of nitrogens with one attached hydrogen (secondary N) is 4. The third-order valence-electron chi connectivity index (χ3n) is 9.60. The second-order valence-electron chi connectivity index (χ2n) is 16.0. The summed E-state index contributed by atoms with van der Waals surface area (Å²) in [6.45, 7) is 9.36. The van der Waals surface area contributed by atoms with Crippen molar-refractivity contribution in [2.24, 2.45) is 10.8 Å². The van der Waals surface area contributed by atoms with Crippen LogP contribution < -0.4 is 26.0 Å². The lowest BCUT2D eigenvalue weighted by Crippen LogP contribution is -2.59. The van der Waals surface area contributed by atoms with Crippen molar-refractivity contribution in [3.63, 3.8) is 0 Å². The minimum atomic E-state index is -1.11. The van der Waals surface area contributed by atoms with Crippen molar-refractivity contribution < 1.29 is 33.8 Å². The molecule has 0 aliphatic carbocycles. The van der Waals surface area contributed by atoms with E-state index in [-0.39, 0.29) is 38.4 Å². The zero-order valence-electron chi connectivity index (χ0n) is 33.8. The molecule has 4 amide bonds. The third kappa shape index (κ3) is 14.4. The fraction of sp³-hybridized carbons (Fsp3) is 0.400. The van der Waals surface area contributed by atoms with Crippen molar-refractivity contribution in [3.05, 3.63) is 120 Å². The van der Waals surface area contributed by atoms with E-state index in [0.29, 0.717) is 12.2 Å². The van der Waals surface area contributed by atoms with Crippen molar-refractivity contribution in [1.82, 2.24) is 26.3 Å². The summed E-state index contributed by atoms with van der Waals surface area (Å²) in [4.78, 5) is 56.6. The number of aromatic nitrogens is 1. The summed E-state index contributed by atoms with van der Waals surface area (Å²) in [5.74, 6) is -1.07. The van der Waals surface area contributed by atoms with Gasteiger partial charge in [0, 0.05) is 37.2 Å². The van der Waals surface area contributed by atoms with Gasteiger partial charge in [-0.1, -0.05) is 113 Å². The Labute approximate surface area is 336 Å². The number of carbonyl (C=O) groups is 4. The van der Waals surface area contributed by atoms with Gasteiger partial charge in [-0.15, -0.1) is 0 Å². The molecule has 0 aliphatic heterocycles. The first-order chi connectivity index (χ1) is 27.1. The van der Waals surface area contributed by atoms with Gasteiger partial charge in [0.05, 0.1) is 24.9 Å². The molecule has 4 unspecified atom stereocenters. The van der Waals surface area contributed by atoms with Crippen molar-refractivity contribution in [2.75, 3.05) is 26.8 Å². The number of aliphatic hydroxyl groups is 1. The Morgan fingerprint density at radius 1 is 0.772 bits per heavy atom. The Morgan fingerprint density at radius 2 is 1.42 bits per heavy atom. The minimum absolute atomic E-state index is 0.120. The molecule has 57 heavy (non-hydrogen) atoms. The summed E-state index contributed by atoms with van der Waals surface area (Å²) < 4.78 is 10.3. The highest BCUT2D eigenvalue weighted by Gasteiger charge is 2.38. The predicted molar refractivity (Wildman–Crippen MR) is 220 cm³/mol. The van der Waals surface area contributed by atoms with E-state index in [0.717, 1.165) is 22.4 Å². The lowest BCUT2D eigenvalue weighted by atomic mass is 9.81. The summed E-state index contributed by atoms with van der Waals surface area (Å²) in [5, 5.41) is 23.6. The molecule has 1 heterocycles. The van der Waals surface area contributed by atoms with Crippen LogP contribution in [0.5, 0.6) is 5.75 Å². The molecule has 4 atom stereocenters. The Hall–Kier alpha value is -5.75. The van der Waals surface area contributed by atoms with Crippen LogP contribution >= 0.6 is 0 Å². The third-order valence-corrected chi connectivity index (χ3v) is 9.60. The van der Waals surface area contributed by atoms with Gasteiger partial charge in [-0.25, -0.2) is 4.79 Å². The van der Waals surface area contributed by atoms with E-state index in [9.17, 15) is 24.3 Å². The van der Waals surface area contributed by atoms with Crippen molar-refractivity contribution >= 4 is 23.8 Å². The molecule has 3 aromatic carbocycles. The van der Waals surface area contributed by atoms with Gasteiger partial charge in [0.25, 0.3) is 5.91 Å². The number of aliphatic hydroxyl groups excluding tert-OH is 1. The number of ether oxygens (including phenoxy) is 2. The van der Waals surface area contributed by atoms with Crippen LogP contribution in [0.15, 0.2) is 109 Å². The van der Waals surface area contributed by atoms with Crippen LogP contribution in [0.1, 0.15) is 64.5 Å². The number of amides is 4. The smallest absolute Gasteiger partial charge is 0.406 e. The van der Waals surface area contributed by atoms with E-state index < -0.39 is 52.8 Å². The van der Waals surface area contributed by atoms with Gasteiger partial charge in [0.2, 0.25) is 11.8 Å². The van der Waals surface area contributed by atoms with E-state index in [4.69, 9.17) is 4.74 Å². The zero-order valence-corrected chi connectivity index (χ0v) is 33.8. The summed E-state index contributed by atoms with van der Waals surface area (Å²) in [5.41, 5.74) is 2.40. The number of para-hydroxylation sites is 1. The number of alkyl carbamates (subject to hydrolysis) is 1. The molecule has 304 valence electrons. The molecule has 0 saturated carbocycles. The number of benzene rings is 3. The maximum atomic E-state index is 14.4. The second kappa shape index (κ2) is 21.0. The number of carbonyl (C=O) groups excluding carboxylic acids is 4. The molecular formula is C45H57N5O7. The normalized spacial score (nSPS) is 13.6. The quantitative estimate of drug-likeness (QED) is 0.0795. The van der Waals surface area contributed by atoms with Crippen LogP contribution in [-0.2, 0) is 25.5 Å². The number of hydrogen-bond donors (Lipinski definition) is 5. The molecule has 0 radical (unpaired) electrons. The molecule has 1 aromatic heterocycles. The number of hydrogen-bond acceptors (Lipinski definition) is 8. The molecule has 0 aliphatic rings. The molecule has 0 fully saturated rings. The highest BCUT2D eigenvalue weighted by atomic mass is 16.5. The Morgan fingerprint density at radius 3 is 2.04 bits per heavy atom. The lowest BCUT2D eigenvalue weighted by molar-refractivity contribution is -0.133. The standard InChI is InChI=1S/C45H57N5O7/c1-44(2,3)41(49-39(53)29-57-34-17-11-8-12-18-34)42(54)50-40(37(51)24-26-47-38(52)28-45(4,5)30-48-43(55)56-6)35(32-15-9-7-10-16-32)27-31-20-22-33(23-21-31)36-19-13-14-25-46-36/h7-23,25,35,37,40-41,51H,24,26-30H2,1-6H3,(H,47,52)(H,48,55)(H,49,53)(H,50,54). The Kier molecular flexibility index (Phi) is 16.2. The van der Waals surface area contributed by atoms with Gasteiger partial charge in [-0.3, -0.25) is 19.4 Å². The second-order valence-corrected chi connectivity index (χ2v) is 16.0. The Bertz CT molecular complexity index is 1870. The topological polar surface area (TPSA) is 168 Å². The maximum Gasteiger partial charge on any atom is 0.406 e. The first-order valence-electron chi connectivity index (χ1n) is 19.2. The van der Waals surface area contributed by atoms with Crippen LogP contribution in [0, 0.1) is 10.8 Å². The van der Waals surface area contributed by atoms with Gasteiger partial charge < -0.3 is 35.8 Å². The van der Waals surface area contributed by atoms with E-state index >= 15 is 0 Å². The molecule has 12 nitrogen and oxygen atoms in total. The predicted octanol–water partition coefficient (Wildman–Crippen LogP) is 5.81. The minimum Gasteiger partial charge on any atom is -0.484 e. The molecule has 12 heteroatoms. The van der Waals surface area contributed by atoms with Crippen molar-refractivity contribution in [1.29, 1.82) is 0 Å². The number of pyridine rings is 1. The van der Waals surface area contributed by atoms with Crippen LogP contribution in [0.4, 0.5) is 4.79 Å².